The molecule has 0 rings (SSSR count). The third-order valence-electron chi connectivity index (χ3n) is 0. The van der Waals surface area contributed by atoms with Crippen LogP contribution in [0.3, 0.4) is 0 Å². The van der Waals surface area contributed by atoms with Crippen molar-refractivity contribution in [1.82, 2.24) is 0 Å². The second-order valence-corrected chi connectivity index (χ2v) is 0. The van der Waals surface area contributed by atoms with Gasteiger partial charge in [0.2, 0.25) is 0 Å². The third kappa shape index (κ3) is 7020. The monoisotopic (exact) mass is 184 g/mol. The van der Waals surface area contributed by atoms with Crippen LogP contribution in [0.25, 0.3) is 0 Å². The smallest absolute Gasteiger partial charge is 0 e. The summed E-state index contributed by atoms with van der Waals surface area (Å²) in [4.78, 5) is 0. The summed E-state index contributed by atoms with van der Waals surface area (Å²) in [6.45, 7) is 0. The van der Waals surface area contributed by atoms with Gasteiger partial charge in [0.1, 0.15) is 0 Å². The van der Waals surface area contributed by atoms with Crippen molar-refractivity contribution >= 4 is 0 Å². The summed E-state index contributed by atoms with van der Waals surface area (Å²) in [5.74, 6) is 0. The molecule has 0 spiro atoms. The molecule has 0 radical (unpaired) electrons. The van der Waals surface area contributed by atoms with Crippen LogP contribution in [-0.2, 0) is 17.4 Å². The standard InChI is InChI=1S/Cr.4H2O2/c;4*1-2/h;4*1-2H/p-4. The molecule has 0 aliphatic heterocycles. The molecular formula is H4CrO8-4. The Morgan fingerprint density at radius 2 is 0.444 bits per heavy atom. The van der Waals surface area contributed by atoms with Gasteiger partial charge in [-0.3, -0.25) is 0 Å². The normalized spacial score (nSPS) is 2.67. The van der Waals surface area contributed by atoms with Crippen molar-refractivity contribution in [3.63, 3.8) is 0 Å². The average Bonchev–Trinajstić information content (AvgIpc) is 2.03. The molecule has 0 atom stereocenters. The second-order valence-electron chi connectivity index (χ2n) is 0. The van der Waals surface area contributed by atoms with Crippen molar-refractivity contribution < 1.29 is 59.4 Å². The Morgan fingerprint density at radius 1 is 0.444 bits per heavy atom. The van der Waals surface area contributed by atoms with Crippen LogP contribution in [0.5, 0.6) is 0 Å². The molecule has 0 aromatic heterocycles. The molecule has 0 aromatic carbocycles. The summed E-state index contributed by atoms with van der Waals surface area (Å²) in [5.41, 5.74) is 0. The molecule has 0 heterocycles. The summed E-state index contributed by atoms with van der Waals surface area (Å²) < 4.78 is 0. The van der Waals surface area contributed by atoms with E-state index in [9.17, 15) is 0 Å². The predicted molar refractivity (Wildman–Crippen MR) is 10.5 cm³/mol. The van der Waals surface area contributed by atoms with Crippen LogP contribution in [0, 0.1) is 0 Å². The van der Waals surface area contributed by atoms with Crippen molar-refractivity contribution in [2.75, 3.05) is 0 Å². The predicted octanol–water partition coefficient (Wildman–Crippen LogP) is -4.72. The molecule has 0 saturated carbocycles. The van der Waals surface area contributed by atoms with Crippen LogP contribution >= 0.6 is 0 Å². The van der Waals surface area contributed by atoms with E-state index >= 15 is 0 Å². The first kappa shape index (κ1) is 35.0. The van der Waals surface area contributed by atoms with Crippen LogP contribution in [0.1, 0.15) is 0 Å². The first-order chi connectivity index (χ1) is 4.00. The van der Waals surface area contributed by atoms with E-state index in [1.165, 1.54) is 0 Å². The van der Waals surface area contributed by atoms with Crippen LogP contribution in [0.15, 0.2) is 0 Å². The largest absolute Gasteiger partial charge is 0.727 e. The molecule has 0 bridgehead atoms. The summed E-state index contributed by atoms with van der Waals surface area (Å²) in [7, 11) is 0. The topological polar surface area (TPSA) is 173 Å². The Kier molecular flexibility index (Phi) is 36800. The fourth-order valence-corrected chi connectivity index (χ4v) is 0. The van der Waals surface area contributed by atoms with E-state index in [0.29, 0.717) is 0 Å². The molecule has 0 amide bonds. The van der Waals surface area contributed by atoms with Crippen molar-refractivity contribution in [2.24, 2.45) is 0 Å². The van der Waals surface area contributed by atoms with E-state index in [-0.39, 0.29) is 17.4 Å². The third-order valence-corrected chi connectivity index (χ3v) is 0. The molecular weight excluding hydrogens is 180 g/mol. The quantitative estimate of drug-likeness (QED) is 0.214. The van der Waals surface area contributed by atoms with Crippen molar-refractivity contribution in [2.45, 2.75) is 0 Å². The van der Waals surface area contributed by atoms with Crippen LogP contribution in [0.4, 0.5) is 0 Å². The molecule has 62 valence electrons. The fourth-order valence-electron chi connectivity index (χ4n) is 0. The molecule has 0 saturated heterocycles. The maximum absolute atomic E-state index is 7.25. The zero-order valence-corrected chi connectivity index (χ0v) is 5.11. The van der Waals surface area contributed by atoms with Crippen molar-refractivity contribution in [3.8, 4) is 0 Å². The Hall–Kier alpha value is 0.212. The molecule has 9 heavy (non-hydrogen) atoms. The Labute approximate surface area is 60.3 Å². The zero-order valence-electron chi connectivity index (χ0n) is 3.83. The zero-order chi connectivity index (χ0) is 8.00. The molecule has 9 heteroatoms. The van der Waals surface area contributed by atoms with Crippen LogP contribution in [0.2, 0.25) is 0 Å². The van der Waals surface area contributed by atoms with E-state index in [1.54, 1.807) is 0 Å². The molecule has 0 aliphatic rings. The van der Waals surface area contributed by atoms with Gasteiger partial charge < -0.3 is 42.1 Å². The van der Waals surface area contributed by atoms with E-state index < -0.39 is 0 Å². The van der Waals surface area contributed by atoms with Gasteiger partial charge in [-0.25, -0.2) is 0 Å². The van der Waals surface area contributed by atoms with Gasteiger partial charge in [0.15, 0.2) is 0 Å². The fraction of sp³-hybridized carbons (Fsp3) is 0. The SMILES string of the molecule is [Cr].[O-]O.[O-]O.[O-]O.[O-]O. The number of hydrogen-bond acceptors (Lipinski definition) is 8. The van der Waals surface area contributed by atoms with Crippen LogP contribution < -0.4 is 21.0 Å². The molecule has 0 fully saturated rings. The maximum Gasteiger partial charge on any atom is 0 e. The van der Waals surface area contributed by atoms with Gasteiger partial charge in [-0.1, -0.05) is 0 Å². The van der Waals surface area contributed by atoms with E-state index in [4.69, 9.17) is 42.1 Å². The Balaban J connectivity index is -0.00000000762. The summed E-state index contributed by atoms with van der Waals surface area (Å²) in [6, 6.07) is 0. The number of hydrogen-bond donors (Lipinski definition) is 4. The molecule has 4 N–H and O–H groups in total. The van der Waals surface area contributed by atoms with Gasteiger partial charge in [-0.15, -0.1) is 0 Å². The van der Waals surface area contributed by atoms with E-state index in [1.807, 2.05) is 0 Å². The van der Waals surface area contributed by atoms with Crippen LogP contribution in [-0.4, -0.2) is 21.0 Å². The van der Waals surface area contributed by atoms with Gasteiger partial charge in [0, 0.05) is 17.4 Å². The Morgan fingerprint density at radius 3 is 0.444 bits per heavy atom. The second kappa shape index (κ2) is 9460. The van der Waals surface area contributed by atoms with E-state index in [0.717, 1.165) is 0 Å². The first-order valence-corrected chi connectivity index (χ1v) is 0.730. The first-order valence-electron chi connectivity index (χ1n) is 0.730. The van der Waals surface area contributed by atoms with Crippen molar-refractivity contribution in [1.29, 1.82) is 0 Å². The summed E-state index contributed by atoms with van der Waals surface area (Å²) in [6.07, 6.45) is 0. The van der Waals surface area contributed by atoms with Gasteiger partial charge in [-0.2, -0.15) is 0 Å². The minimum absolute atomic E-state index is 0. The number of rotatable bonds is 0. The van der Waals surface area contributed by atoms with Crippen molar-refractivity contribution in [3.05, 3.63) is 0 Å². The average molecular weight is 184 g/mol. The van der Waals surface area contributed by atoms with E-state index in [2.05, 4.69) is 0 Å². The molecule has 0 aromatic rings. The Bertz CT molecular complexity index is 4.53. The van der Waals surface area contributed by atoms with Gasteiger partial charge in [0.05, 0.1) is 0 Å². The molecule has 0 unspecified atom stereocenters. The molecule has 0 aliphatic carbocycles. The van der Waals surface area contributed by atoms with Gasteiger partial charge >= 0.3 is 0 Å². The molecule has 8 nitrogen and oxygen atoms in total. The summed E-state index contributed by atoms with van der Waals surface area (Å²) in [5, 5.41) is 52.0. The maximum atomic E-state index is 7.25. The minimum Gasteiger partial charge on any atom is -0.727 e. The summed E-state index contributed by atoms with van der Waals surface area (Å²) >= 11 is 0. The van der Waals surface area contributed by atoms with Gasteiger partial charge in [0.25, 0.3) is 0 Å². The minimum atomic E-state index is 0. The van der Waals surface area contributed by atoms with Gasteiger partial charge in [-0.05, 0) is 0 Å².